The molecule has 7 heteroatoms. The molecule has 0 unspecified atom stereocenters. The maximum atomic E-state index is 11.4. The molecule has 0 saturated carbocycles. The number of hydrogen-bond donors (Lipinski definition) is 0. The summed E-state index contributed by atoms with van der Waals surface area (Å²) in [6.45, 7) is 0.152. The Morgan fingerprint density at radius 1 is 1.11 bits per heavy atom. The van der Waals surface area contributed by atoms with Crippen molar-refractivity contribution >= 4 is 41.6 Å². The molecule has 0 N–H and O–H groups in total. The molecule has 0 radical (unpaired) electrons. The smallest absolute Gasteiger partial charge is 0.495 e. The van der Waals surface area contributed by atoms with Crippen LogP contribution in [0.25, 0.3) is 0 Å². The minimum Gasteiger partial charge on any atom is -0.495 e. The summed E-state index contributed by atoms with van der Waals surface area (Å²) < 4.78 is 11.8. The zero-order valence-electron chi connectivity index (χ0n) is 9.91. The summed E-state index contributed by atoms with van der Waals surface area (Å²) in [7, 11) is 0.699. The SMILES string of the molecule is CN1CC(=O)OB(/C=C/C=C/C=C/I)OC(=O)C1. The average molecular weight is 361 g/mol. The Kier molecular flexibility index (Phi) is 6.73. The van der Waals surface area contributed by atoms with Crippen LogP contribution < -0.4 is 0 Å². The number of allylic oxidation sites excluding steroid dienone is 4. The molecule has 1 heterocycles. The van der Waals surface area contributed by atoms with E-state index in [9.17, 15) is 9.59 Å². The molecular formula is C11H13BINO4. The van der Waals surface area contributed by atoms with Gasteiger partial charge < -0.3 is 9.31 Å². The number of likely N-dealkylation sites (N-methyl/N-ethyl adjacent to an activating group) is 1. The Morgan fingerprint density at radius 3 is 2.22 bits per heavy atom. The van der Waals surface area contributed by atoms with Gasteiger partial charge in [0.05, 0.1) is 13.1 Å². The highest BCUT2D eigenvalue weighted by Gasteiger charge is 2.28. The van der Waals surface area contributed by atoms with E-state index in [0.717, 1.165) is 0 Å². The van der Waals surface area contributed by atoms with Crippen LogP contribution in [-0.4, -0.2) is 44.1 Å². The summed E-state index contributed by atoms with van der Waals surface area (Å²) >= 11 is 2.10. The van der Waals surface area contributed by atoms with Crippen molar-refractivity contribution in [3.05, 3.63) is 34.4 Å². The van der Waals surface area contributed by atoms with Gasteiger partial charge in [-0.05, 0) is 17.1 Å². The van der Waals surface area contributed by atoms with E-state index in [4.69, 9.17) is 9.31 Å². The molecule has 5 nitrogen and oxygen atoms in total. The van der Waals surface area contributed by atoms with E-state index in [1.165, 1.54) is 10.9 Å². The number of nitrogens with zero attached hydrogens (tertiary/aromatic N) is 1. The van der Waals surface area contributed by atoms with Gasteiger partial charge in [0.1, 0.15) is 0 Å². The number of halogens is 1. The molecule has 0 atom stereocenters. The summed E-state index contributed by atoms with van der Waals surface area (Å²) in [6, 6.07) is 0. The van der Waals surface area contributed by atoms with Gasteiger partial charge in [-0.25, -0.2) is 0 Å². The molecule has 0 aliphatic carbocycles. The first-order chi connectivity index (χ1) is 8.61. The van der Waals surface area contributed by atoms with Crippen LogP contribution in [0.4, 0.5) is 0 Å². The molecule has 1 aliphatic heterocycles. The fourth-order valence-corrected chi connectivity index (χ4v) is 1.50. The van der Waals surface area contributed by atoms with E-state index < -0.39 is 19.1 Å². The zero-order valence-corrected chi connectivity index (χ0v) is 12.1. The van der Waals surface area contributed by atoms with Gasteiger partial charge in [0, 0.05) is 0 Å². The lowest BCUT2D eigenvalue weighted by Crippen LogP contribution is -2.41. The summed E-state index contributed by atoms with van der Waals surface area (Å²) in [5.74, 6) is 0.671. The first-order valence-corrected chi connectivity index (χ1v) is 6.54. The van der Waals surface area contributed by atoms with Gasteiger partial charge in [-0.3, -0.25) is 14.5 Å². The summed E-state index contributed by atoms with van der Waals surface area (Å²) in [6.07, 6.45) is 7.06. The Hall–Kier alpha value is -1.09. The molecular weight excluding hydrogens is 348 g/mol. The van der Waals surface area contributed by atoms with Crippen molar-refractivity contribution in [2.24, 2.45) is 0 Å². The second kappa shape index (κ2) is 8.09. The Bertz CT molecular complexity index is 375. The van der Waals surface area contributed by atoms with Crippen LogP contribution in [0.5, 0.6) is 0 Å². The number of carbonyl (C=O) groups excluding carboxylic acids is 2. The lowest BCUT2D eigenvalue weighted by Gasteiger charge is -2.20. The predicted molar refractivity (Wildman–Crippen MR) is 76.9 cm³/mol. The molecule has 0 spiro atoms. The van der Waals surface area contributed by atoms with Crippen molar-refractivity contribution in [3.8, 4) is 0 Å². The lowest BCUT2D eigenvalue weighted by molar-refractivity contribution is -0.145. The monoisotopic (exact) mass is 361 g/mol. The quantitative estimate of drug-likeness (QED) is 0.428. The molecule has 0 aromatic heterocycles. The Labute approximate surface area is 120 Å². The molecule has 96 valence electrons. The highest BCUT2D eigenvalue weighted by molar-refractivity contribution is 14.1. The van der Waals surface area contributed by atoms with E-state index in [2.05, 4.69) is 22.6 Å². The van der Waals surface area contributed by atoms with Crippen LogP contribution in [0.3, 0.4) is 0 Å². The fraction of sp³-hybridized carbons (Fsp3) is 0.273. The van der Waals surface area contributed by atoms with Gasteiger partial charge >= 0.3 is 19.1 Å². The van der Waals surface area contributed by atoms with E-state index in [1.54, 1.807) is 19.2 Å². The highest BCUT2D eigenvalue weighted by atomic mass is 127. The molecule has 1 aliphatic rings. The number of hydrogen-bond acceptors (Lipinski definition) is 5. The Balaban J connectivity index is 2.58. The van der Waals surface area contributed by atoms with Crippen LogP contribution in [0.1, 0.15) is 0 Å². The van der Waals surface area contributed by atoms with Gasteiger partial charge in [-0.1, -0.05) is 46.9 Å². The normalized spacial score (nSPS) is 19.3. The van der Waals surface area contributed by atoms with Gasteiger partial charge in [-0.15, -0.1) is 0 Å². The maximum Gasteiger partial charge on any atom is 0.628 e. The van der Waals surface area contributed by atoms with Crippen LogP contribution in [0.2, 0.25) is 0 Å². The molecule has 0 aromatic carbocycles. The first-order valence-electron chi connectivity index (χ1n) is 5.29. The van der Waals surface area contributed by atoms with Crippen molar-refractivity contribution in [2.75, 3.05) is 20.1 Å². The first kappa shape index (κ1) is 15.0. The average Bonchev–Trinajstić information content (AvgIpc) is 2.26. The second-order valence-corrected chi connectivity index (χ2v) is 4.33. The molecule has 0 bridgehead atoms. The van der Waals surface area contributed by atoms with Crippen LogP contribution in [0.15, 0.2) is 34.4 Å². The van der Waals surface area contributed by atoms with Crippen molar-refractivity contribution in [1.29, 1.82) is 0 Å². The highest BCUT2D eigenvalue weighted by Crippen LogP contribution is 2.01. The Morgan fingerprint density at radius 2 is 1.67 bits per heavy atom. The van der Waals surface area contributed by atoms with Crippen LogP contribution in [-0.2, 0) is 18.9 Å². The van der Waals surface area contributed by atoms with Gasteiger partial charge in [0.15, 0.2) is 0 Å². The largest absolute Gasteiger partial charge is 0.628 e. The lowest BCUT2D eigenvalue weighted by atomic mass is 9.89. The van der Waals surface area contributed by atoms with Crippen molar-refractivity contribution < 1.29 is 18.9 Å². The molecule has 1 fully saturated rings. The standard InChI is InChI=1S/C11H13BINO4/c1-14-8-10(15)17-12(18-11(16)9-14)6-4-2-3-5-7-13/h2-7H,8-9H2,1H3/b3-2+,6-4+,7-5+. The molecule has 0 aromatic rings. The van der Waals surface area contributed by atoms with Crippen LogP contribution in [0, 0.1) is 0 Å². The van der Waals surface area contributed by atoms with Crippen molar-refractivity contribution in [3.63, 3.8) is 0 Å². The predicted octanol–water partition coefficient (Wildman–Crippen LogP) is 1.11. The van der Waals surface area contributed by atoms with E-state index >= 15 is 0 Å². The fourth-order valence-electron chi connectivity index (χ4n) is 1.26. The molecule has 0 amide bonds. The number of carbonyl (C=O) groups is 2. The third kappa shape index (κ3) is 6.01. The van der Waals surface area contributed by atoms with Crippen molar-refractivity contribution in [1.82, 2.24) is 4.90 Å². The third-order valence-corrected chi connectivity index (χ3v) is 2.38. The molecule has 1 rings (SSSR count). The van der Waals surface area contributed by atoms with E-state index in [1.807, 2.05) is 16.2 Å². The van der Waals surface area contributed by atoms with E-state index in [-0.39, 0.29) is 13.1 Å². The van der Waals surface area contributed by atoms with Gasteiger partial charge in [-0.2, -0.15) is 0 Å². The zero-order chi connectivity index (χ0) is 13.4. The van der Waals surface area contributed by atoms with Crippen LogP contribution >= 0.6 is 22.6 Å². The third-order valence-electron chi connectivity index (χ3n) is 1.97. The van der Waals surface area contributed by atoms with Crippen molar-refractivity contribution in [2.45, 2.75) is 0 Å². The summed E-state index contributed by atoms with van der Waals surface area (Å²) in [5, 5.41) is 0. The topological polar surface area (TPSA) is 55.8 Å². The molecule has 1 saturated heterocycles. The van der Waals surface area contributed by atoms with Gasteiger partial charge in [0.25, 0.3) is 0 Å². The molecule has 18 heavy (non-hydrogen) atoms. The minimum atomic E-state index is -0.952. The minimum absolute atomic E-state index is 0.0762. The van der Waals surface area contributed by atoms with Gasteiger partial charge in [0.2, 0.25) is 0 Å². The van der Waals surface area contributed by atoms with E-state index in [0.29, 0.717) is 0 Å². The maximum absolute atomic E-state index is 11.4. The summed E-state index contributed by atoms with van der Waals surface area (Å²) in [5.41, 5.74) is 0. The number of rotatable bonds is 3. The second-order valence-electron chi connectivity index (χ2n) is 3.61. The summed E-state index contributed by atoms with van der Waals surface area (Å²) in [4.78, 5) is 24.3.